The van der Waals surface area contributed by atoms with E-state index in [-0.39, 0.29) is 23.2 Å². The van der Waals surface area contributed by atoms with Crippen LogP contribution in [0.3, 0.4) is 0 Å². The van der Waals surface area contributed by atoms with Crippen molar-refractivity contribution in [3.05, 3.63) is 86.9 Å². The lowest BCUT2D eigenvalue weighted by Gasteiger charge is -2.16. The smallest absolute Gasteiger partial charge is 0.294 e. The fraction of sp³-hybridized carbons (Fsp3) is 0.111. The van der Waals surface area contributed by atoms with E-state index in [1.807, 2.05) is 31.2 Å². The van der Waals surface area contributed by atoms with Gasteiger partial charge in [-0.1, -0.05) is 34.1 Å². The van der Waals surface area contributed by atoms with Crippen molar-refractivity contribution in [3.63, 3.8) is 0 Å². The summed E-state index contributed by atoms with van der Waals surface area (Å²) in [5, 5.41) is 14.3. The van der Waals surface area contributed by atoms with Crippen LogP contribution in [-0.2, 0) is 0 Å². The van der Waals surface area contributed by atoms with E-state index in [0.717, 1.165) is 10.0 Å². The van der Waals surface area contributed by atoms with Crippen LogP contribution >= 0.6 is 15.9 Å². The van der Waals surface area contributed by atoms with Crippen molar-refractivity contribution in [2.75, 3.05) is 0 Å². The van der Waals surface area contributed by atoms with Gasteiger partial charge in [-0.2, -0.15) is 0 Å². The van der Waals surface area contributed by atoms with Crippen molar-refractivity contribution in [1.82, 2.24) is 14.9 Å². The molecule has 1 heterocycles. The summed E-state index contributed by atoms with van der Waals surface area (Å²) >= 11 is 3.46. The minimum absolute atomic E-state index is 0.163. The van der Waals surface area contributed by atoms with Crippen LogP contribution in [0.5, 0.6) is 0 Å². The second-order valence-corrected chi connectivity index (χ2v) is 6.50. The molecule has 0 fully saturated rings. The molecule has 7 nitrogen and oxygen atoms in total. The Labute approximate surface area is 158 Å². The minimum Gasteiger partial charge on any atom is -0.345 e. The van der Waals surface area contributed by atoms with Gasteiger partial charge in [0.2, 0.25) is 0 Å². The molecule has 0 saturated heterocycles. The lowest BCUT2D eigenvalue weighted by atomic mass is 10.1. The molecule has 1 atom stereocenters. The molecule has 26 heavy (non-hydrogen) atoms. The Hall–Kier alpha value is -3.00. The van der Waals surface area contributed by atoms with Crippen LogP contribution in [-0.4, -0.2) is 20.4 Å². The predicted molar refractivity (Wildman–Crippen MR) is 100 cm³/mol. The fourth-order valence-corrected chi connectivity index (χ4v) is 3.24. The average Bonchev–Trinajstić information content (AvgIpc) is 3.15. The van der Waals surface area contributed by atoms with E-state index in [9.17, 15) is 14.9 Å². The summed E-state index contributed by atoms with van der Waals surface area (Å²) in [5.41, 5.74) is 1.33. The SMILES string of the molecule is CC(NC(=O)c1ccc(-n2ccnc2)c([N+](=O)[O-])c1)c1ccccc1Br. The molecule has 1 aromatic heterocycles. The number of carbonyl (C=O) groups is 1. The van der Waals surface area contributed by atoms with Crippen LogP contribution in [0.25, 0.3) is 5.69 Å². The van der Waals surface area contributed by atoms with Crippen LogP contribution < -0.4 is 5.32 Å². The number of nitrogens with zero attached hydrogens (tertiary/aromatic N) is 3. The second kappa shape index (κ2) is 7.49. The van der Waals surface area contributed by atoms with E-state index in [4.69, 9.17) is 0 Å². The summed E-state index contributed by atoms with van der Waals surface area (Å²) in [4.78, 5) is 27.3. The van der Waals surface area contributed by atoms with Crippen LogP contribution in [0.2, 0.25) is 0 Å². The highest BCUT2D eigenvalue weighted by Gasteiger charge is 2.20. The summed E-state index contributed by atoms with van der Waals surface area (Å²) in [6, 6.07) is 11.7. The number of hydrogen-bond acceptors (Lipinski definition) is 4. The number of nitrogens with one attached hydrogen (secondary N) is 1. The Bertz CT molecular complexity index is 957. The van der Waals surface area contributed by atoms with Crippen LogP contribution in [0.4, 0.5) is 5.69 Å². The highest BCUT2D eigenvalue weighted by Crippen LogP contribution is 2.26. The van der Waals surface area contributed by atoms with Gasteiger partial charge in [-0.3, -0.25) is 14.9 Å². The molecule has 2 aromatic carbocycles. The third-order valence-corrected chi connectivity index (χ3v) is 4.66. The van der Waals surface area contributed by atoms with Gasteiger partial charge < -0.3 is 9.88 Å². The zero-order valence-electron chi connectivity index (χ0n) is 13.8. The lowest BCUT2D eigenvalue weighted by molar-refractivity contribution is -0.384. The first-order chi connectivity index (χ1) is 12.5. The number of aromatic nitrogens is 2. The first kappa shape index (κ1) is 17.8. The summed E-state index contributed by atoms with van der Waals surface area (Å²) in [6.07, 6.45) is 4.61. The number of amides is 1. The summed E-state index contributed by atoms with van der Waals surface area (Å²) in [7, 11) is 0. The van der Waals surface area contributed by atoms with E-state index in [0.29, 0.717) is 5.69 Å². The number of nitro groups is 1. The van der Waals surface area contributed by atoms with Gasteiger partial charge in [-0.25, -0.2) is 4.98 Å². The van der Waals surface area contributed by atoms with Gasteiger partial charge in [0.15, 0.2) is 0 Å². The van der Waals surface area contributed by atoms with Gasteiger partial charge in [-0.15, -0.1) is 0 Å². The molecular weight excluding hydrogens is 400 g/mol. The zero-order chi connectivity index (χ0) is 18.7. The largest absolute Gasteiger partial charge is 0.345 e. The van der Waals surface area contributed by atoms with E-state index < -0.39 is 4.92 Å². The van der Waals surface area contributed by atoms with Gasteiger partial charge in [-0.05, 0) is 30.7 Å². The first-order valence-corrected chi connectivity index (χ1v) is 8.58. The highest BCUT2D eigenvalue weighted by atomic mass is 79.9. The molecule has 0 radical (unpaired) electrons. The topological polar surface area (TPSA) is 90.1 Å². The monoisotopic (exact) mass is 414 g/mol. The maximum absolute atomic E-state index is 12.5. The lowest BCUT2D eigenvalue weighted by Crippen LogP contribution is -2.27. The molecule has 1 amide bonds. The minimum atomic E-state index is -0.511. The number of imidazole rings is 1. The number of nitro benzene ring substituents is 1. The maximum Gasteiger partial charge on any atom is 0.294 e. The molecule has 0 aliphatic rings. The zero-order valence-corrected chi connectivity index (χ0v) is 15.4. The Balaban J connectivity index is 1.87. The van der Waals surface area contributed by atoms with Gasteiger partial charge in [0.1, 0.15) is 5.69 Å². The molecule has 3 aromatic rings. The fourth-order valence-electron chi connectivity index (χ4n) is 2.61. The van der Waals surface area contributed by atoms with E-state index in [1.54, 1.807) is 12.3 Å². The van der Waals surface area contributed by atoms with Crippen molar-refractivity contribution in [3.8, 4) is 5.69 Å². The van der Waals surface area contributed by atoms with Crippen molar-refractivity contribution in [2.45, 2.75) is 13.0 Å². The van der Waals surface area contributed by atoms with Crippen molar-refractivity contribution < 1.29 is 9.72 Å². The third kappa shape index (κ3) is 3.65. The Morgan fingerprint density at radius 2 is 2.08 bits per heavy atom. The van der Waals surface area contributed by atoms with Gasteiger partial charge in [0.25, 0.3) is 11.6 Å². The van der Waals surface area contributed by atoms with Gasteiger partial charge >= 0.3 is 0 Å². The summed E-state index contributed by atoms with van der Waals surface area (Å²) < 4.78 is 2.41. The first-order valence-electron chi connectivity index (χ1n) is 7.79. The summed E-state index contributed by atoms with van der Waals surface area (Å²) in [5.74, 6) is -0.381. The van der Waals surface area contributed by atoms with Crippen LogP contribution in [0.15, 0.2) is 65.7 Å². The molecule has 1 unspecified atom stereocenters. The van der Waals surface area contributed by atoms with E-state index in [2.05, 4.69) is 26.2 Å². The Morgan fingerprint density at radius 1 is 1.31 bits per heavy atom. The number of hydrogen-bond donors (Lipinski definition) is 1. The average molecular weight is 415 g/mol. The Kier molecular flexibility index (Phi) is 5.13. The number of carbonyl (C=O) groups excluding carboxylic acids is 1. The molecular formula is C18H15BrN4O3. The van der Waals surface area contributed by atoms with E-state index in [1.165, 1.54) is 29.2 Å². The Morgan fingerprint density at radius 3 is 2.73 bits per heavy atom. The van der Waals surface area contributed by atoms with Gasteiger partial charge in [0, 0.05) is 28.5 Å². The molecule has 132 valence electrons. The summed E-state index contributed by atoms with van der Waals surface area (Å²) in [6.45, 7) is 1.85. The molecule has 8 heteroatoms. The van der Waals surface area contributed by atoms with E-state index >= 15 is 0 Å². The molecule has 0 saturated carbocycles. The molecule has 0 aliphatic carbocycles. The number of rotatable bonds is 5. The highest BCUT2D eigenvalue weighted by molar-refractivity contribution is 9.10. The predicted octanol–water partition coefficient (Wildman–Crippen LogP) is 4.03. The molecule has 3 rings (SSSR count). The quantitative estimate of drug-likeness (QED) is 0.503. The van der Waals surface area contributed by atoms with Crippen molar-refractivity contribution >= 4 is 27.5 Å². The molecule has 0 bridgehead atoms. The normalized spacial score (nSPS) is 11.8. The second-order valence-electron chi connectivity index (χ2n) is 5.65. The standard InChI is InChI=1S/C18H15BrN4O3/c1-12(14-4-2-3-5-15(14)19)21-18(24)13-6-7-16(17(10-13)23(25)26)22-9-8-20-11-22/h2-12H,1H3,(H,21,24). The third-order valence-electron chi connectivity index (χ3n) is 3.94. The van der Waals surface area contributed by atoms with Crippen molar-refractivity contribution in [2.24, 2.45) is 0 Å². The number of benzene rings is 2. The molecule has 0 spiro atoms. The molecule has 1 N–H and O–H groups in total. The van der Waals surface area contributed by atoms with Crippen LogP contribution in [0, 0.1) is 10.1 Å². The van der Waals surface area contributed by atoms with Crippen molar-refractivity contribution in [1.29, 1.82) is 0 Å². The maximum atomic E-state index is 12.5. The van der Waals surface area contributed by atoms with Gasteiger partial charge in [0.05, 0.1) is 17.3 Å². The van der Waals surface area contributed by atoms with Crippen LogP contribution in [0.1, 0.15) is 28.9 Å². The molecule has 0 aliphatic heterocycles. The number of halogens is 1.